The van der Waals surface area contributed by atoms with E-state index in [1.54, 1.807) is 0 Å². The molecule has 0 N–H and O–H groups in total. The molecule has 0 aromatic heterocycles. The van der Waals surface area contributed by atoms with Gasteiger partial charge >= 0.3 is 17.9 Å². The maximum absolute atomic E-state index is 12.5. The molecule has 1 atom stereocenters. The molecule has 0 aromatic carbocycles. The van der Waals surface area contributed by atoms with Crippen LogP contribution in [0.1, 0.15) is 220 Å². The van der Waals surface area contributed by atoms with Gasteiger partial charge in [0.1, 0.15) is 13.2 Å². The lowest BCUT2D eigenvalue weighted by molar-refractivity contribution is -0.167. The van der Waals surface area contributed by atoms with Gasteiger partial charge in [-0.2, -0.15) is 0 Å². The van der Waals surface area contributed by atoms with Gasteiger partial charge in [-0.15, -0.1) is 0 Å². The Morgan fingerprint density at radius 1 is 0.348 bits per heavy atom. The van der Waals surface area contributed by atoms with Crippen LogP contribution in [0.15, 0.2) is 0 Å². The summed E-state index contributed by atoms with van der Waals surface area (Å²) in [5.41, 5.74) is 0. The third kappa shape index (κ3) is 33.8. The molecule has 272 valence electrons. The lowest BCUT2D eigenvalue weighted by Crippen LogP contribution is -2.30. The molecule has 0 heterocycles. The van der Waals surface area contributed by atoms with Crippen molar-refractivity contribution in [2.45, 2.75) is 226 Å². The van der Waals surface area contributed by atoms with E-state index in [0.29, 0.717) is 19.3 Å². The van der Waals surface area contributed by atoms with Gasteiger partial charge in [0.05, 0.1) is 0 Å². The van der Waals surface area contributed by atoms with Crippen LogP contribution in [0.25, 0.3) is 0 Å². The smallest absolute Gasteiger partial charge is 0.306 e. The van der Waals surface area contributed by atoms with Crippen LogP contribution in [0.5, 0.6) is 0 Å². The number of carbonyl (C=O) groups is 3. The number of hydrogen-bond acceptors (Lipinski definition) is 6. The van der Waals surface area contributed by atoms with Gasteiger partial charge < -0.3 is 14.2 Å². The van der Waals surface area contributed by atoms with Crippen molar-refractivity contribution in [2.24, 2.45) is 0 Å². The molecule has 0 aliphatic rings. The van der Waals surface area contributed by atoms with E-state index in [4.69, 9.17) is 14.2 Å². The molecule has 0 saturated heterocycles. The molecule has 0 unspecified atom stereocenters. The topological polar surface area (TPSA) is 78.9 Å². The second-order valence-electron chi connectivity index (χ2n) is 13.6. The van der Waals surface area contributed by atoms with Crippen molar-refractivity contribution in [3.63, 3.8) is 0 Å². The number of hydrogen-bond donors (Lipinski definition) is 0. The Hall–Kier alpha value is -1.59. The van der Waals surface area contributed by atoms with Crippen LogP contribution in [0, 0.1) is 0 Å². The summed E-state index contributed by atoms with van der Waals surface area (Å²) < 4.78 is 16.5. The average Bonchev–Trinajstić information content (AvgIpc) is 3.05. The number of rotatable bonds is 36. The second kappa shape index (κ2) is 36.2. The molecular formula is C40H76O6. The Kier molecular flexibility index (Phi) is 35.0. The number of ether oxygens (including phenoxy) is 3. The molecule has 0 aromatic rings. The van der Waals surface area contributed by atoms with Crippen LogP contribution >= 0.6 is 0 Å². The minimum atomic E-state index is -0.754. The van der Waals surface area contributed by atoms with Crippen LogP contribution < -0.4 is 0 Å². The highest BCUT2D eigenvalue weighted by Gasteiger charge is 2.19. The average molecular weight is 653 g/mol. The summed E-state index contributed by atoms with van der Waals surface area (Å²) in [6.07, 6.45) is 34.0. The fraction of sp³-hybridized carbons (Fsp3) is 0.925. The largest absolute Gasteiger partial charge is 0.462 e. The molecule has 0 rings (SSSR count). The van der Waals surface area contributed by atoms with Gasteiger partial charge in [-0.3, -0.25) is 14.4 Å². The van der Waals surface area contributed by atoms with E-state index in [1.165, 1.54) is 116 Å². The zero-order valence-corrected chi connectivity index (χ0v) is 30.9. The molecule has 0 saturated carbocycles. The minimum absolute atomic E-state index is 0.0651. The summed E-state index contributed by atoms with van der Waals surface area (Å²) in [7, 11) is 0. The van der Waals surface area contributed by atoms with Crippen molar-refractivity contribution in [3.8, 4) is 0 Å². The maximum Gasteiger partial charge on any atom is 0.306 e. The monoisotopic (exact) mass is 653 g/mol. The molecule has 0 amide bonds. The first-order valence-corrected chi connectivity index (χ1v) is 20.0. The summed E-state index contributed by atoms with van der Waals surface area (Å²) in [5.74, 6) is -0.876. The van der Waals surface area contributed by atoms with E-state index in [2.05, 4.69) is 20.8 Å². The summed E-state index contributed by atoms with van der Waals surface area (Å²) in [6, 6.07) is 0. The molecule has 0 aliphatic heterocycles. The molecule has 6 nitrogen and oxygen atoms in total. The Morgan fingerprint density at radius 3 is 0.870 bits per heavy atom. The first-order valence-electron chi connectivity index (χ1n) is 20.0. The van der Waals surface area contributed by atoms with Crippen molar-refractivity contribution in [1.29, 1.82) is 0 Å². The summed E-state index contributed by atoms with van der Waals surface area (Å²) >= 11 is 0. The highest BCUT2D eigenvalue weighted by molar-refractivity contribution is 5.71. The SMILES string of the molecule is CCCCCCCCCCCCCCC(=O)OC[C@@H](COC(=O)CCCCCCCCCCCCC)OC(=O)CCCCCCC. The Morgan fingerprint density at radius 2 is 0.587 bits per heavy atom. The predicted molar refractivity (Wildman–Crippen MR) is 192 cm³/mol. The number of unbranched alkanes of at least 4 members (excludes halogenated alkanes) is 25. The van der Waals surface area contributed by atoms with E-state index in [9.17, 15) is 14.4 Å². The molecule has 0 spiro atoms. The van der Waals surface area contributed by atoms with Gasteiger partial charge in [0.25, 0.3) is 0 Å². The zero-order valence-electron chi connectivity index (χ0n) is 30.9. The fourth-order valence-electron chi connectivity index (χ4n) is 5.79. The lowest BCUT2D eigenvalue weighted by atomic mass is 10.0. The van der Waals surface area contributed by atoms with Crippen LogP contribution in [0.3, 0.4) is 0 Å². The van der Waals surface area contributed by atoms with E-state index < -0.39 is 6.10 Å². The van der Waals surface area contributed by atoms with Crippen molar-refractivity contribution >= 4 is 17.9 Å². The maximum atomic E-state index is 12.5. The van der Waals surface area contributed by atoms with Gasteiger partial charge in [0.15, 0.2) is 6.10 Å². The summed E-state index contributed by atoms with van der Waals surface area (Å²) in [5, 5.41) is 0. The third-order valence-corrected chi connectivity index (χ3v) is 8.86. The molecule has 0 radical (unpaired) electrons. The highest BCUT2D eigenvalue weighted by Crippen LogP contribution is 2.14. The quantitative estimate of drug-likeness (QED) is 0.0381. The van der Waals surface area contributed by atoms with Crippen molar-refractivity contribution < 1.29 is 28.6 Å². The lowest BCUT2D eigenvalue weighted by Gasteiger charge is -2.18. The molecule has 0 bridgehead atoms. The predicted octanol–water partition coefficient (Wildman–Crippen LogP) is 12.1. The van der Waals surface area contributed by atoms with Crippen LogP contribution in [-0.2, 0) is 28.6 Å². The number of esters is 3. The van der Waals surface area contributed by atoms with Gasteiger partial charge in [0.2, 0.25) is 0 Å². The van der Waals surface area contributed by atoms with Crippen molar-refractivity contribution in [3.05, 3.63) is 0 Å². The fourth-order valence-corrected chi connectivity index (χ4v) is 5.79. The van der Waals surface area contributed by atoms with Crippen LogP contribution in [0.4, 0.5) is 0 Å². The van der Waals surface area contributed by atoms with Crippen LogP contribution in [-0.4, -0.2) is 37.2 Å². The van der Waals surface area contributed by atoms with Crippen molar-refractivity contribution in [1.82, 2.24) is 0 Å². The van der Waals surface area contributed by atoms with E-state index in [0.717, 1.165) is 64.2 Å². The van der Waals surface area contributed by atoms with Crippen LogP contribution in [0.2, 0.25) is 0 Å². The van der Waals surface area contributed by atoms with E-state index in [-0.39, 0.29) is 31.1 Å². The Bertz CT molecular complexity index is 679. The number of carbonyl (C=O) groups excluding carboxylic acids is 3. The third-order valence-electron chi connectivity index (χ3n) is 8.86. The highest BCUT2D eigenvalue weighted by atomic mass is 16.6. The van der Waals surface area contributed by atoms with Gasteiger partial charge in [-0.1, -0.05) is 181 Å². The van der Waals surface area contributed by atoms with Gasteiger partial charge in [-0.05, 0) is 19.3 Å². The Balaban J connectivity index is 4.20. The molecule has 0 fully saturated rings. The summed E-state index contributed by atoms with van der Waals surface area (Å²) in [4.78, 5) is 37.2. The summed E-state index contributed by atoms with van der Waals surface area (Å²) in [6.45, 7) is 6.54. The van der Waals surface area contributed by atoms with Gasteiger partial charge in [0, 0.05) is 19.3 Å². The van der Waals surface area contributed by atoms with E-state index in [1.807, 2.05) is 0 Å². The molecule has 6 heteroatoms. The first-order chi connectivity index (χ1) is 22.5. The normalized spacial score (nSPS) is 11.8. The minimum Gasteiger partial charge on any atom is -0.462 e. The van der Waals surface area contributed by atoms with Crippen molar-refractivity contribution in [2.75, 3.05) is 13.2 Å². The molecule has 46 heavy (non-hydrogen) atoms. The second-order valence-corrected chi connectivity index (χ2v) is 13.6. The first kappa shape index (κ1) is 44.4. The standard InChI is InChI=1S/C40H76O6/c1-4-7-10-13-15-17-19-21-23-25-28-30-33-39(42)45-36-37(46-40(43)34-31-26-12-9-6-3)35-44-38(41)32-29-27-24-22-20-18-16-14-11-8-5-2/h37H,4-36H2,1-3H3/t37-/m1/s1. The molecule has 0 aliphatic carbocycles. The Labute approximate surface area is 285 Å². The van der Waals surface area contributed by atoms with Gasteiger partial charge in [-0.25, -0.2) is 0 Å². The molecular weight excluding hydrogens is 576 g/mol. The zero-order chi connectivity index (χ0) is 33.8. The van der Waals surface area contributed by atoms with E-state index >= 15 is 0 Å².